The topological polar surface area (TPSA) is 107 Å². The quantitative estimate of drug-likeness (QED) is 0.339. The molecule has 0 aliphatic heterocycles. The molecule has 0 radical (unpaired) electrons. The average molecular weight is 388 g/mol. The van der Waals surface area contributed by atoms with E-state index >= 15 is 0 Å². The number of nitrogens with one attached hydrogen (secondary N) is 1. The number of carboxylic acid groups (broad SMARTS) is 1. The van der Waals surface area contributed by atoms with E-state index in [2.05, 4.69) is 5.32 Å². The number of Topliss-reactive ketones (excluding diaryl/α,β-unsaturated/α-hetero) is 1. The highest BCUT2D eigenvalue weighted by molar-refractivity contribution is 5.99. The largest absolute Gasteiger partial charge is 0.479 e. The van der Waals surface area contributed by atoms with Crippen LogP contribution in [0, 0.1) is 5.92 Å². The van der Waals surface area contributed by atoms with Crippen LogP contribution < -0.4 is 10.2 Å². The third-order valence-electron chi connectivity index (χ3n) is 4.28. The first-order valence-electron chi connectivity index (χ1n) is 8.84. The van der Waals surface area contributed by atoms with E-state index in [0.717, 1.165) is 5.69 Å². The number of hydrogen-bond acceptors (Lipinski definition) is 5. The Morgan fingerprint density at radius 1 is 1.18 bits per heavy atom. The van der Waals surface area contributed by atoms with Gasteiger partial charge in [-0.3, -0.25) is 9.59 Å². The van der Waals surface area contributed by atoms with Crippen molar-refractivity contribution in [3.8, 4) is 0 Å². The molecule has 7 heteroatoms. The second-order valence-corrected chi connectivity index (χ2v) is 7.12. The van der Waals surface area contributed by atoms with Crippen LogP contribution >= 0.6 is 0 Å². The van der Waals surface area contributed by atoms with Crippen LogP contribution in [-0.2, 0) is 9.59 Å². The Hall–Kier alpha value is -2.93. The lowest BCUT2D eigenvalue weighted by atomic mass is 9.97. The molecule has 0 fully saturated rings. The number of hydrogen-bond donors (Lipinski definition) is 3. The summed E-state index contributed by atoms with van der Waals surface area (Å²) in [6, 6.07) is 7.31. The minimum atomic E-state index is -1.75. The summed E-state index contributed by atoms with van der Waals surface area (Å²) in [6.45, 7) is 4.00. The molecule has 0 aliphatic carbocycles. The molecule has 1 aromatic carbocycles. The van der Waals surface area contributed by atoms with Gasteiger partial charge in [-0.1, -0.05) is 24.6 Å². The van der Waals surface area contributed by atoms with Gasteiger partial charge in [-0.2, -0.15) is 0 Å². The number of rotatable bonds is 9. The van der Waals surface area contributed by atoms with Crippen LogP contribution in [0.15, 0.2) is 48.1 Å². The molecule has 28 heavy (non-hydrogen) atoms. The van der Waals surface area contributed by atoms with Crippen LogP contribution in [0.3, 0.4) is 0 Å². The number of carbonyl (C=O) groups is 3. The smallest absolute Gasteiger partial charge is 0.331 e. The molecular weight excluding hydrogens is 360 g/mol. The van der Waals surface area contributed by atoms with E-state index < -0.39 is 24.0 Å². The van der Waals surface area contributed by atoms with Crippen molar-refractivity contribution in [2.75, 3.05) is 25.6 Å². The minimum absolute atomic E-state index is 0.0405. The first kappa shape index (κ1) is 23.1. The van der Waals surface area contributed by atoms with Gasteiger partial charge in [0, 0.05) is 37.3 Å². The van der Waals surface area contributed by atoms with Gasteiger partial charge in [-0.05, 0) is 38.1 Å². The minimum Gasteiger partial charge on any atom is -0.479 e. The van der Waals surface area contributed by atoms with E-state index in [1.54, 1.807) is 32.1 Å². The maximum Gasteiger partial charge on any atom is 0.331 e. The number of carbonyl (C=O) groups excluding carboxylic acids is 2. The van der Waals surface area contributed by atoms with Crippen molar-refractivity contribution in [3.05, 3.63) is 53.6 Å². The number of benzene rings is 1. The first-order valence-corrected chi connectivity index (χ1v) is 8.84. The highest BCUT2D eigenvalue weighted by Crippen LogP contribution is 2.17. The maximum absolute atomic E-state index is 12.5. The van der Waals surface area contributed by atoms with Crippen molar-refractivity contribution in [1.29, 1.82) is 0 Å². The van der Waals surface area contributed by atoms with Crippen molar-refractivity contribution in [2.24, 2.45) is 5.92 Å². The maximum atomic E-state index is 12.5. The number of anilines is 1. The van der Waals surface area contributed by atoms with E-state index in [1.165, 1.54) is 19.1 Å². The Bertz CT molecular complexity index is 780. The molecule has 1 aromatic rings. The highest BCUT2D eigenvalue weighted by Gasteiger charge is 2.33. The Morgan fingerprint density at radius 3 is 2.21 bits per heavy atom. The normalized spacial score (nSPS) is 15.0. The third-order valence-corrected chi connectivity index (χ3v) is 4.28. The molecule has 7 nitrogen and oxygen atoms in total. The van der Waals surface area contributed by atoms with Crippen molar-refractivity contribution < 1.29 is 24.6 Å². The van der Waals surface area contributed by atoms with Crippen LogP contribution in [0.5, 0.6) is 0 Å². The molecular formula is C21H28N2O5. The molecule has 0 unspecified atom stereocenters. The second-order valence-electron chi connectivity index (χ2n) is 7.12. The number of aliphatic carboxylic acids is 1. The predicted molar refractivity (Wildman–Crippen MR) is 108 cm³/mol. The zero-order valence-electron chi connectivity index (χ0n) is 16.9. The lowest BCUT2D eigenvalue weighted by Crippen LogP contribution is -2.54. The van der Waals surface area contributed by atoms with Gasteiger partial charge in [0.05, 0.1) is 6.61 Å². The van der Waals surface area contributed by atoms with Gasteiger partial charge in [0.25, 0.3) is 0 Å². The van der Waals surface area contributed by atoms with Gasteiger partial charge < -0.3 is 20.4 Å². The van der Waals surface area contributed by atoms with Crippen LogP contribution in [0.25, 0.3) is 0 Å². The SMILES string of the molecule is CC(=C/[C@@H](C)C(=O)c1ccc(N(C)C)cc1)/C=C/C(=O)N[C@](C)(CO)C(=O)O. The molecule has 0 aromatic heterocycles. The molecule has 0 bridgehead atoms. The van der Waals surface area contributed by atoms with Crippen molar-refractivity contribution >= 4 is 23.3 Å². The first-order chi connectivity index (χ1) is 13.0. The van der Waals surface area contributed by atoms with E-state index in [-0.39, 0.29) is 11.7 Å². The monoisotopic (exact) mass is 388 g/mol. The number of carboxylic acids is 1. The number of amides is 1. The van der Waals surface area contributed by atoms with Gasteiger partial charge in [-0.15, -0.1) is 0 Å². The van der Waals surface area contributed by atoms with Crippen molar-refractivity contribution in [3.63, 3.8) is 0 Å². The van der Waals surface area contributed by atoms with Crippen LogP contribution in [0.1, 0.15) is 31.1 Å². The Labute approximate surface area is 165 Å². The Morgan fingerprint density at radius 2 is 1.75 bits per heavy atom. The molecule has 2 atom stereocenters. The fraction of sp³-hybridized carbons (Fsp3) is 0.381. The predicted octanol–water partition coefficient (Wildman–Crippen LogP) is 2.03. The standard InChI is InChI=1S/C21H28N2O5/c1-14(6-11-18(25)22-21(3,13-24)20(27)28)12-15(2)19(26)16-7-9-17(10-8-16)23(4)5/h6-12,15,24H,13H2,1-5H3,(H,22,25)(H,27,28)/b11-6+,14-12-/t15-,21-/m1/s1. The van der Waals surface area contributed by atoms with Crippen molar-refractivity contribution in [2.45, 2.75) is 26.3 Å². The van der Waals surface area contributed by atoms with Crippen LogP contribution in [0.2, 0.25) is 0 Å². The Kier molecular flexibility index (Phi) is 8.13. The number of allylic oxidation sites excluding steroid dienone is 3. The van der Waals surface area contributed by atoms with Crippen LogP contribution in [-0.4, -0.2) is 54.1 Å². The molecule has 0 heterocycles. The lowest BCUT2D eigenvalue weighted by molar-refractivity contribution is -0.148. The summed E-state index contributed by atoms with van der Waals surface area (Å²) in [4.78, 5) is 37.5. The van der Waals surface area contributed by atoms with E-state index in [4.69, 9.17) is 10.2 Å². The summed E-state index contributed by atoms with van der Waals surface area (Å²) in [6.07, 6.45) is 4.40. The van der Waals surface area contributed by atoms with Gasteiger partial charge in [0.15, 0.2) is 11.3 Å². The fourth-order valence-corrected chi connectivity index (χ4v) is 2.39. The summed E-state index contributed by atoms with van der Waals surface area (Å²) in [5.41, 5.74) is 0.535. The summed E-state index contributed by atoms with van der Waals surface area (Å²) in [7, 11) is 3.85. The van der Waals surface area contributed by atoms with Crippen molar-refractivity contribution in [1.82, 2.24) is 5.32 Å². The molecule has 0 spiro atoms. The van der Waals surface area contributed by atoms with E-state index in [1.807, 2.05) is 31.1 Å². The molecule has 0 saturated heterocycles. The van der Waals surface area contributed by atoms with E-state index in [9.17, 15) is 14.4 Å². The number of ketones is 1. The number of nitrogens with zero attached hydrogens (tertiary/aromatic N) is 1. The summed E-state index contributed by atoms with van der Waals surface area (Å²) < 4.78 is 0. The zero-order chi connectivity index (χ0) is 21.5. The molecule has 1 rings (SSSR count). The molecule has 1 amide bonds. The van der Waals surface area contributed by atoms with Gasteiger partial charge in [-0.25, -0.2) is 4.79 Å². The zero-order valence-corrected chi connectivity index (χ0v) is 16.9. The second kappa shape index (κ2) is 9.85. The molecule has 152 valence electrons. The fourth-order valence-electron chi connectivity index (χ4n) is 2.39. The average Bonchev–Trinajstić information content (AvgIpc) is 2.65. The summed E-state index contributed by atoms with van der Waals surface area (Å²) in [5, 5.41) is 20.4. The van der Waals surface area contributed by atoms with Gasteiger partial charge >= 0.3 is 5.97 Å². The highest BCUT2D eigenvalue weighted by atomic mass is 16.4. The third kappa shape index (κ3) is 6.35. The lowest BCUT2D eigenvalue weighted by Gasteiger charge is -2.22. The molecule has 0 saturated carbocycles. The summed E-state index contributed by atoms with van der Waals surface area (Å²) >= 11 is 0. The van der Waals surface area contributed by atoms with E-state index in [0.29, 0.717) is 11.1 Å². The molecule has 0 aliphatic rings. The summed E-state index contributed by atoms with van der Waals surface area (Å²) in [5.74, 6) is -2.41. The van der Waals surface area contributed by atoms with Gasteiger partial charge in [0.1, 0.15) is 0 Å². The molecule has 3 N–H and O–H groups in total. The van der Waals surface area contributed by atoms with Crippen LogP contribution in [0.4, 0.5) is 5.69 Å². The number of aliphatic hydroxyl groups is 1. The number of aliphatic hydroxyl groups excluding tert-OH is 1. The Balaban J connectivity index is 2.78. The van der Waals surface area contributed by atoms with Gasteiger partial charge in [0.2, 0.25) is 5.91 Å².